The molecular weight excluding hydrogens is 368 g/mol. The summed E-state index contributed by atoms with van der Waals surface area (Å²) in [5, 5.41) is 4.78. The van der Waals surface area contributed by atoms with Gasteiger partial charge in [0.25, 0.3) is 5.91 Å². The van der Waals surface area contributed by atoms with E-state index in [1.54, 1.807) is 32.0 Å². The van der Waals surface area contributed by atoms with Gasteiger partial charge < -0.3 is 14.2 Å². The van der Waals surface area contributed by atoms with Crippen LogP contribution in [0.3, 0.4) is 0 Å². The maximum absolute atomic E-state index is 12.3. The van der Waals surface area contributed by atoms with Crippen molar-refractivity contribution in [2.45, 2.75) is 26.9 Å². The van der Waals surface area contributed by atoms with E-state index in [4.69, 9.17) is 25.8 Å². The van der Waals surface area contributed by atoms with Crippen molar-refractivity contribution in [1.82, 2.24) is 5.43 Å². The van der Waals surface area contributed by atoms with Gasteiger partial charge in [0.1, 0.15) is 19.0 Å². The van der Waals surface area contributed by atoms with Crippen LogP contribution in [0.25, 0.3) is 0 Å². The Labute approximate surface area is 163 Å². The second kappa shape index (κ2) is 8.31. The minimum absolute atomic E-state index is 0.346. The van der Waals surface area contributed by atoms with Crippen LogP contribution in [-0.2, 0) is 4.79 Å². The van der Waals surface area contributed by atoms with E-state index >= 15 is 0 Å². The number of halogens is 1. The second-order valence-electron chi connectivity index (χ2n) is 6.20. The molecule has 0 fully saturated rings. The molecule has 1 unspecified atom stereocenters. The minimum atomic E-state index is -0.707. The van der Waals surface area contributed by atoms with Crippen molar-refractivity contribution in [3.05, 3.63) is 52.5 Å². The number of carbonyl (C=O) groups excluding carboxylic acids is 1. The number of carbonyl (C=O) groups is 1. The predicted octanol–water partition coefficient (Wildman–Crippen LogP) is 3.73. The Morgan fingerprint density at radius 2 is 1.93 bits per heavy atom. The third-order valence-electron chi connectivity index (χ3n) is 4.10. The maximum Gasteiger partial charge on any atom is 0.280 e. The van der Waals surface area contributed by atoms with Gasteiger partial charge >= 0.3 is 0 Å². The Morgan fingerprint density at radius 1 is 1.19 bits per heavy atom. The smallest absolute Gasteiger partial charge is 0.280 e. The van der Waals surface area contributed by atoms with Crippen LogP contribution in [0, 0.1) is 6.92 Å². The molecule has 0 aromatic heterocycles. The van der Waals surface area contributed by atoms with Gasteiger partial charge in [-0.2, -0.15) is 5.10 Å². The Morgan fingerprint density at radius 3 is 2.67 bits per heavy atom. The first kappa shape index (κ1) is 19.0. The van der Waals surface area contributed by atoms with Crippen molar-refractivity contribution in [3.63, 3.8) is 0 Å². The molecule has 1 aliphatic heterocycles. The number of ether oxygens (including phenoxy) is 3. The van der Waals surface area contributed by atoms with Gasteiger partial charge in [0.2, 0.25) is 0 Å². The third kappa shape index (κ3) is 4.71. The summed E-state index contributed by atoms with van der Waals surface area (Å²) >= 11 is 5.93. The zero-order chi connectivity index (χ0) is 19.4. The van der Waals surface area contributed by atoms with Gasteiger partial charge in [-0.15, -0.1) is 0 Å². The lowest BCUT2D eigenvalue weighted by molar-refractivity contribution is -0.127. The van der Waals surface area contributed by atoms with Gasteiger partial charge in [-0.05, 0) is 62.7 Å². The standard InChI is InChI=1S/C20H21ClN2O4/c1-12-10-16(21)5-7-17(12)27-14(3)20(24)23-22-13(2)15-4-6-18-19(11-15)26-9-8-25-18/h4-7,10-11,14H,8-9H2,1-3H3,(H,23,24). The quantitative estimate of drug-likeness (QED) is 0.626. The summed E-state index contributed by atoms with van der Waals surface area (Å²) < 4.78 is 16.8. The van der Waals surface area contributed by atoms with Crippen LogP contribution >= 0.6 is 11.6 Å². The summed E-state index contributed by atoms with van der Waals surface area (Å²) in [7, 11) is 0. The van der Waals surface area contributed by atoms with E-state index < -0.39 is 6.10 Å². The number of hydrogen-bond acceptors (Lipinski definition) is 5. The molecule has 7 heteroatoms. The fraction of sp³-hybridized carbons (Fsp3) is 0.300. The van der Waals surface area contributed by atoms with E-state index in [0.717, 1.165) is 11.1 Å². The molecule has 27 heavy (non-hydrogen) atoms. The molecule has 0 radical (unpaired) electrons. The molecule has 2 aromatic rings. The van der Waals surface area contributed by atoms with E-state index in [0.29, 0.717) is 41.2 Å². The van der Waals surface area contributed by atoms with E-state index in [2.05, 4.69) is 10.5 Å². The van der Waals surface area contributed by atoms with Crippen LogP contribution in [-0.4, -0.2) is 30.9 Å². The highest BCUT2D eigenvalue weighted by atomic mass is 35.5. The number of nitrogens with zero attached hydrogens (tertiary/aromatic N) is 1. The highest BCUT2D eigenvalue weighted by molar-refractivity contribution is 6.30. The lowest BCUT2D eigenvalue weighted by Crippen LogP contribution is -2.34. The number of hydrogen-bond donors (Lipinski definition) is 1. The summed E-state index contributed by atoms with van der Waals surface area (Å²) in [6, 6.07) is 10.8. The van der Waals surface area contributed by atoms with Gasteiger partial charge in [0, 0.05) is 10.6 Å². The molecule has 1 amide bonds. The molecule has 1 atom stereocenters. The summed E-state index contributed by atoms with van der Waals surface area (Å²) in [4.78, 5) is 12.3. The summed E-state index contributed by atoms with van der Waals surface area (Å²) in [6.45, 7) is 6.40. The van der Waals surface area contributed by atoms with Gasteiger partial charge in [-0.25, -0.2) is 5.43 Å². The SMILES string of the molecule is CC(=NNC(=O)C(C)Oc1ccc(Cl)cc1C)c1ccc2c(c1)OCCO2. The lowest BCUT2D eigenvalue weighted by atomic mass is 10.1. The Bertz CT molecular complexity index is 882. The van der Waals surface area contributed by atoms with Crippen LogP contribution in [0.5, 0.6) is 17.2 Å². The largest absolute Gasteiger partial charge is 0.486 e. The number of nitrogens with one attached hydrogen (secondary N) is 1. The molecule has 6 nitrogen and oxygen atoms in total. The van der Waals surface area contributed by atoms with Crippen molar-refractivity contribution in [3.8, 4) is 17.2 Å². The monoisotopic (exact) mass is 388 g/mol. The van der Waals surface area contributed by atoms with Gasteiger partial charge in [-0.1, -0.05) is 11.6 Å². The zero-order valence-corrected chi connectivity index (χ0v) is 16.2. The molecule has 0 saturated heterocycles. The highest BCUT2D eigenvalue weighted by Gasteiger charge is 2.16. The molecule has 0 bridgehead atoms. The Hall–Kier alpha value is -2.73. The van der Waals surface area contributed by atoms with Crippen LogP contribution in [0.2, 0.25) is 5.02 Å². The van der Waals surface area contributed by atoms with Gasteiger partial charge in [-0.3, -0.25) is 4.79 Å². The molecule has 1 aliphatic rings. The van der Waals surface area contributed by atoms with Crippen molar-refractivity contribution in [2.75, 3.05) is 13.2 Å². The van der Waals surface area contributed by atoms with Crippen LogP contribution < -0.4 is 19.6 Å². The van der Waals surface area contributed by atoms with E-state index in [9.17, 15) is 4.79 Å². The first-order chi connectivity index (χ1) is 12.9. The molecule has 1 N–H and O–H groups in total. The Kier molecular flexibility index (Phi) is 5.86. The first-order valence-electron chi connectivity index (χ1n) is 8.61. The van der Waals surface area contributed by atoms with Crippen LogP contribution in [0.1, 0.15) is 25.0 Å². The predicted molar refractivity (Wildman–Crippen MR) is 104 cm³/mol. The lowest BCUT2D eigenvalue weighted by Gasteiger charge is -2.19. The molecule has 0 aliphatic carbocycles. The molecule has 1 heterocycles. The zero-order valence-electron chi connectivity index (χ0n) is 15.4. The van der Waals surface area contributed by atoms with Crippen LogP contribution in [0.4, 0.5) is 0 Å². The number of rotatable bonds is 5. The molecule has 0 spiro atoms. The minimum Gasteiger partial charge on any atom is -0.486 e. The normalized spacial score (nSPS) is 14.4. The van der Waals surface area contributed by atoms with E-state index in [-0.39, 0.29) is 5.91 Å². The van der Waals surface area contributed by atoms with E-state index in [1.807, 2.05) is 25.1 Å². The van der Waals surface area contributed by atoms with Gasteiger partial charge in [0.15, 0.2) is 17.6 Å². The average Bonchev–Trinajstić information content (AvgIpc) is 2.67. The number of amides is 1. The van der Waals surface area contributed by atoms with E-state index in [1.165, 1.54) is 0 Å². The number of fused-ring (bicyclic) bond motifs is 1. The third-order valence-corrected chi connectivity index (χ3v) is 4.34. The summed E-state index contributed by atoms with van der Waals surface area (Å²) in [5.74, 6) is 1.65. The maximum atomic E-state index is 12.3. The van der Waals surface area contributed by atoms with Crippen molar-refractivity contribution < 1.29 is 19.0 Å². The number of hydrazone groups is 1. The highest BCUT2D eigenvalue weighted by Crippen LogP contribution is 2.30. The van der Waals surface area contributed by atoms with Crippen molar-refractivity contribution >= 4 is 23.2 Å². The second-order valence-corrected chi connectivity index (χ2v) is 6.64. The van der Waals surface area contributed by atoms with Crippen molar-refractivity contribution in [2.24, 2.45) is 5.10 Å². The number of benzene rings is 2. The topological polar surface area (TPSA) is 69.2 Å². The first-order valence-corrected chi connectivity index (χ1v) is 8.99. The average molecular weight is 389 g/mol. The molecular formula is C20H21ClN2O4. The molecule has 0 saturated carbocycles. The molecule has 3 rings (SSSR count). The summed E-state index contributed by atoms with van der Waals surface area (Å²) in [6.07, 6.45) is -0.707. The fourth-order valence-corrected chi connectivity index (χ4v) is 2.78. The fourth-order valence-electron chi connectivity index (χ4n) is 2.55. The van der Waals surface area contributed by atoms with Crippen molar-refractivity contribution in [1.29, 1.82) is 0 Å². The van der Waals surface area contributed by atoms with Crippen LogP contribution in [0.15, 0.2) is 41.5 Å². The summed E-state index contributed by atoms with van der Waals surface area (Å²) in [5.41, 5.74) is 4.88. The molecule has 2 aromatic carbocycles. The number of aryl methyl sites for hydroxylation is 1. The van der Waals surface area contributed by atoms with Gasteiger partial charge in [0.05, 0.1) is 5.71 Å². The Balaban J connectivity index is 1.63. The molecule has 142 valence electrons.